The molecule has 0 heterocycles. The van der Waals surface area contributed by atoms with Crippen LogP contribution in [0.15, 0.2) is 0 Å². The molecule has 0 aliphatic rings. The van der Waals surface area contributed by atoms with Gasteiger partial charge >= 0.3 is 12.0 Å². The van der Waals surface area contributed by atoms with Gasteiger partial charge in [0, 0.05) is 13.0 Å². The van der Waals surface area contributed by atoms with Crippen molar-refractivity contribution in [3.63, 3.8) is 0 Å². The Kier molecular flexibility index (Phi) is 7.54. The molecule has 0 rings (SSSR count). The Hall–Kier alpha value is -1.88. The summed E-state index contributed by atoms with van der Waals surface area (Å²) in [6, 6.07) is -2.11. The fraction of sp³-hybridized carbons (Fsp3) is 0.667. The van der Waals surface area contributed by atoms with Gasteiger partial charge in [0.25, 0.3) is 0 Å². The number of carbonyl (C=O) groups excluding carboxylic acids is 2. The van der Waals surface area contributed by atoms with E-state index in [1.54, 1.807) is 0 Å². The first kappa shape index (κ1) is 18.1. The highest BCUT2D eigenvalue weighted by Crippen LogP contribution is 1.97. The summed E-state index contributed by atoms with van der Waals surface area (Å²) in [7, 11) is -2.22. The van der Waals surface area contributed by atoms with Gasteiger partial charge in [-0.05, 0) is 13.5 Å². The van der Waals surface area contributed by atoms with Crippen molar-refractivity contribution in [1.82, 2.24) is 15.4 Å². The van der Waals surface area contributed by atoms with E-state index in [-0.39, 0.29) is 25.1 Å². The third-order valence-electron chi connectivity index (χ3n) is 2.25. The number of primary amides is 1. The minimum atomic E-state index is -3.45. The molecule has 0 fully saturated rings. The molecular weight excluding hydrogens is 292 g/mol. The molecule has 116 valence electrons. The molecule has 0 aromatic heterocycles. The zero-order valence-electron chi connectivity index (χ0n) is 10.9. The molecule has 11 heteroatoms. The number of amides is 3. The van der Waals surface area contributed by atoms with Crippen LogP contribution in [-0.4, -0.2) is 56.8 Å². The van der Waals surface area contributed by atoms with E-state index in [0.29, 0.717) is 0 Å². The quantitative estimate of drug-likeness (QED) is 0.317. The lowest BCUT2D eigenvalue weighted by molar-refractivity contribution is -0.139. The second kappa shape index (κ2) is 8.32. The first-order valence-electron chi connectivity index (χ1n) is 5.64. The van der Waals surface area contributed by atoms with Crippen molar-refractivity contribution in [3.05, 3.63) is 0 Å². The Labute approximate surface area is 116 Å². The Balaban J connectivity index is 4.20. The highest BCUT2D eigenvalue weighted by atomic mass is 32.2. The van der Waals surface area contributed by atoms with Crippen LogP contribution in [0.1, 0.15) is 12.8 Å². The maximum absolute atomic E-state index is 11.4. The fourth-order valence-corrected chi connectivity index (χ4v) is 1.73. The number of hydrogen-bond donors (Lipinski definition) is 5. The molecular formula is C9H18N4O6S. The van der Waals surface area contributed by atoms with Gasteiger partial charge in [0.1, 0.15) is 6.04 Å². The Bertz CT molecular complexity index is 463. The SMILES string of the molecule is CNS(=O)(=O)CCNC(=O)N[C@H](CCC(N)=O)C(=O)O. The van der Waals surface area contributed by atoms with E-state index in [0.717, 1.165) is 0 Å². The molecule has 0 spiro atoms. The molecule has 0 aromatic rings. The number of carbonyl (C=O) groups is 3. The highest BCUT2D eigenvalue weighted by molar-refractivity contribution is 7.89. The number of rotatable bonds is 9. The van der Waals surface area contributed by atoms with E-state index in [4.69, 9.17) is 10.8 Å². The summed E-state index contributed by atoms with van der Waals surface area (Å²) in [6.07, 6.45) is -0.335. The average molecular weight is 310 g/mol. The maximum atomic E-state index is 11.4. The van der Waals surface area contributed by atoms with Gasteiger partial charge in [-0.3, -0.25) is 4.79 Å². The van der Waals surface area contributed by atoms with Crippen LogP contribution in [0.5, 0.6) is 0 Å². The van der Waals surface area contributed by atoms with Crippen LogP contribution in [0, 0.1) is 0 Å². The van der Waals surface area contributed by atoms with Crippen LogP contribution in [0.4, 0.5) is 4.79 Å². The highest BCUT2D eigenvalue weighted by Gasteiger charge is 2.20. The number of aliphatic carboxylic acids is 1. The molecule has 20 heavy (non-hydrogen) atoms. The summed E-state index contributed by atoms with van der Waals surface area (Å²) in [5, 5.41) is 13.1. The van der Waals surface area contributed by atoms with Crippen LogP contribution in [0.25, 0.3) is 0 Å². The van der Waals surface area contributed by atoms with Gasteiger partial charge in [-0.25, -0.2) is 22.7 Å². The Morgan fingerprint density at radius 2 is 1.90 bits per heavy atom. The second-order valence-electron chi connectivity index (χ2n) is 3.82. The summed E-state index contributed by atoms with van der Waals surface area (Å²) < 4.78 is 24.2. The molecule has 0 saturated heterocycles. The third kappa shape index (κ3) is 8.26. The zero-order chi connectivity index (χ0) is 15.8. The van der Waals surface area contributed by atoms with E-state index in [1.807, 2.05) is 0 Å². The van der Waals surface area contributed by atoms with E-state index in [9.17, 15) is 22.8 Å². The van der Waals surface area contributed by atoms with Crippen molar-refractivity contribution >= 4 is 27.9 Å². The van der Waals surface area contributed by atoms with Crippen molar-refractivity contribution in [2.45, 2.75) is 18.9 Å². The van der Waals surface area contributed by atoms with Crippen LogP contribution >= 0.6 is 0 Å². The summed E-state index contributed by atoms with van der Waals surface area (Å²) in [4.78, 5) is 32.7. The topological polar surface area (TPSA) is 168 Å². The van der Waals surface area contributed by atoms with Gasteiger partial charge in [-0.1, -0.05) is 0 Å². The number of nitrogens with two attached hydrogens (primary N) is 1. The third-order valence-corrected chi connectivity index (χ3v) is 3.61. The fourth-order valence-electron chi connectivity index (χ4n) is 1.15. The lowest BCUT2D eigenvalue weighted by Crippen LogP contribution is -2.47. The molecule has 0 aliphatic heterocycles. The molecule has 10 nitrogen and oxygen atoms in total. The molecule has 3 amide bonds. The van der Waals surface area contributed by atoms with Gasteiger partial charge < -0.3 is 21.5 Å². The van der Waals surface area contributed by atoms with E-state index < -0.39 is 34.0 Å². The van der Waals surface area contributed by atoms with E-state index >= 15 is 0 Å². The molecule has 6 N–H and O–H groups in total. The second-order valence-corrected chi connectivity index (χ2v) is 5.87. The number of carboxylic acids is 1. The monoisotopic (exact) mass is 310 g/mol. The minimum Gasteiger partial charge on any atom is -0.480 e. The molecule has 0 unspecified atom stereocenters. The number of sulfonamides is 1. The molecule has 0 aromatic carbocycles. The summed E-state index contributed by atoms with van der Waals surface area (Å²) in [5.74, 6) is -2.33. The lowest BCUT2D eigenvalue weighted by Gasteiger charge is -2.14. The average Bonchev–Trinajstić information content (AvgIpc) is 2.33. The number of hydrogen-bond acceptors (Lipinski definition) is 5. The first-order valence-corrected chi connectivity index (χ1v) is 7.30. The standard InChI is InChI=1S/C9H18N4O6S/c1-11-20(18,19)5-4-12-9(17)13-6(8(15)16)2-3-7(10)14/h6,11H,2-5H2,1H3,(H2,10,14)(H,15,16)(H2,12,13,17)/t6-/m1/s1. The van der Waals surface area contributed by atoms with Crippen molar-refractivity contribution < 1.29 is 27.9 Å². The van der Waals surface area contributed by atoms with Crippen LogP contribution in [0.3, 0.4) is 0 Å². The Morgan fingerprint density at radius 3 is 2.35 bits per heavy atom. The van der Waals surface area contributed by atoms with Gasteiger partial charge in [-0.2, -0.15) is 0 Å². The zero-order valence-corrected chi connectivity index (χ0v) is 11.7. The molecule has 1 atom stereocenters. The molecule has 0 saturated carbocycles. The first-order chi connectivity index (χ1) is 9.18. The molecule has 0 aliphatic carbocycles. The minimum absolute atomic E-state index is 0.146. The van der Waals surface area contributed by atoms with Crippen molar-refractivity contribution in [1.29, 1.82) is 0 Å². The molecule has 0 radical (unpaired) electrons. The van der Waals surface area contributed by atoms with Crippen LogP contribution in [-0.2, 0) is 19.6 Å². The van der Waals surface area contributed by atoms with Crippen molar-refractivity contribution in [3.8, 4) is 0 Å². The van der Waals surface area contributed by atoms with Gasteiger partial charge in [0.05, 0.1) is 5.75 Å². The number of carboxylic acid groups (broad SMARTS) is 1. The molecule has 0 bridgehead atoms. The smallest absolute Gasteiger partial charge is 0.326 e. The number of urea groups is 1. The summed E-state index contributed by atoms with van der Waals surface area (Å²) in [5.41, 5.74) is 4.88. The van der Waals surface area contributed by atoms with Gasteiger partial charge in [0.2, 0.25) is 15.9 Å². The summed E-state index contributed by atoms with van der Waals surface area (Å²) in [6.45, 7) is -0.183. The summed E-state index contributed by atoms with van der Waals surface area (Å²) >= 11 is 0. The van der Waals surface area contributed by atoms with Crippen LogP contribution in [0.2, 0.25) is 0 Å². The van der Waals surface area contributed by atoms with Crippen molar-refractivity contribution in [2.24, 2.45) is 5.73 Å². The largest absolute Gasteiger partial charge is 0.480 e. The predicted molar refractivity (Wildman–Crippen MR) is 69.2 cm³/mol. The normalized spacial score (nSPS) is 12.4. The van der Waals surface area contributed by atoms with E-state index in [2.05, 4.69) is 15.4 Å². The lowest BCUT2D eigenvalue weighted by atomic mass is 10.1. The van der Waals surface area contributed by atoms with Crippen molar-refractivity contribution in [2.75, 3.05) is 19.3 Å². The maximum Gasteiger partial charge on any atom is 0.326 e. The number of nitrogens with one attached hydrogen (secondary N) is 3. The van der Waals surface area contributed by atoms with Gasteiger partial charge in [-0.15, -0.1) is 0 Å². The van der Waals surface area contributed by atoms with Gasteiger partial charge in [0.15, 0.2) is 0 Å². The predicted octanol–water partition coefficient (Wildman–Crippen LogP) is -2.45. The Morgan fingerprint density at radius 1 is 1.30 bits per heavy atom. The van der Waals surface area contributed by atoms with Crippen LogP contribution < -0.4 is 21.1 Å². The van der Waals surface area contributed by atoms with E-state index in [1.165, 1.54) is 7.05 Å².